The molecule has 0 bridgehead atoms. The van der Waals surface area contributed by atoms with Gasteiger partial charge >= 0.3 is 0 Å². The molecule has 3 rings (SSSR count). The first-order valence-electron chi connectivity index (χ1n) is 9.67. The molecule has 29 heavy (non-hydrogen) atoms. The molecule has 0 aliphatic heterocycles. The van der Waals surface area contributed by atoms with Crippen molar-refractivity contribution in [2.75, 3.05) is 11.9 Å². The molecule has 3 aromatic rings. The fraction of sp³-hybridized carbons (Fsp3) is 0.217. The zero-order valence-corrected chi connectivity index (χ0v) is 16.6. The van der Waals surface area contributed by atoms with Gasteiger partial charge in [-0.25, -0.2) is 9.97 Å². The van der Waals surface area contributed by atoms with Gasteiger partial charge in [-0.15, -0.1) is 0 Å². The first-order valence-corrected chi connectivity index (χ1v) is 9.67. The van der Waals surface area contributed by atoms with Crippen LogP contribution in [0.15, 0.2) is 60.7 Å². The molecular weight excluding hydrogens is 364 g/mol. The lowest BCUT2D eigenvalue weighted by Crippen LogP contribution is -2.25. The molecule has 2 N–H and O–H groups in total. The number of benzene rings is 2. The van der Waals surface area contributed by atoms with Crippen molar-refractivity contribution in [2.45, 2.75) is 26.7 Å². The Bertz CT molecular complexity index is 1000. The third kappa shape index (κ3) is 5.48. The van der Waals surface area contributed by atoms with E-state index in [2.05, 4.69) is 27.5 Å². The molecule has 1 amide bonds. The maximum Gasteiger partial charge on any atom is 0.270 e. The zero-order chi connectivity index (χ0) is 20.6. The van der Waals surface area contributed by atoms with Crippen molar-refractivity contribution in [3.05, 3.63) is 71.9 Å². The van der Waals surface area contributed by atoms with Crippen molar-refractivity contribution in [2.24, 2.45) is 0 Å². The highest BCUT2D eigenvalue weighted by Gasteiger charge is 2.13. The Labute approximate surface area is 170 Å². The molecule has 0 fully saturated rings. The Morgan fingerprint density at radius 1 is 0.966 bits per heavy atom. The lowest BCUT2D eigenvalue weighted by molar-refractivity contribution is 0.0947. The Kier molecular flexibility index (Phi) is 6.68. The summed E-state index contributed by atoms with van der Waals surface area (Å²) in [4.78, 5) is 33.2. The third-order valence-electron chi connectivity index (χ3n) is 4.35. The minimum absolute atomic E-state index is 0.0164. The molecule has 0 saturated heterocycles. The van der Waals surface area contributed by atoms with E-state index in [1.165, 1.54) is 6.92 Å². The Balaban J connectivity index is 1.95. The number of nitrogens with one attached hydrogen (secondary N) is 2. The Hall–Kier alpha value is -3.54. The van der Waals surface area contributed by atoms with Crippen LogP contribution in [0.2, 0.25) is 0 Å². The number of aromatic nitrogens is 2. The minimum atomic E-state index is -0.237. The molecule has 6 nitrogen and oxygen atoms in total. The number of nitrogens with zero attached hydrogens (tertiary/aromatic N) is 2. The molecule has 0 radical (unpaired) electrons. The van der Waals surface area contributed by atoms with Crippen molar-refractivity contribution in [3.63, 3.8) is 0 Å². The summed E-state index contributed by atoms with van der Waals surface area (Å²) in [6.45, 7) is 4.20. The van der Waals surface area contributed by atoms with Gasteiger partial charge in [0, 0.05) is 29.4 Å². The van der Waals surface area contributed by atoms with Crippen LogP contribution in [0.25, 0.3) is 11.4 Å². The molecule has 0 spiro atoms. The molecule has 0 saturated carbocycles. The molecule has 0 aliphatic carbocycles. The monoisotopic (exact) mass is 388 g/mol. The van der Waals surface area contributed by atoms with Gasteiger partial charge in [0.25, 0.3) is 5.91 Å². The number of hydrogen-bond donors (Lipinski definition) is 2. The normalized spacial score (nSPS) is 10.4. The lowest BCUT2D eigenvalue weighted by Gasteiger charge is -2.11. The molecule has 6 heteroatoms. The highest BCUT2D eigenvalue weighted by molar-refractivity contribution is 5.95. The summed E-state index contributed by atoms with van der Waals surface area (Å²) in [6.07, 6.45) is 1.91. The molecule has 1 heterocycles. The third-order valence-corrected chi connectivity index (χ3v) is 4.35. The molecule has 0 atom stereocenters. The summed E-state index contributed by atoms with van der Waals surface area (Å²) >= 11 is 0. The van der Waals surface area contributed by atoms with Crippen molar-refractivity contribution in [3.8, 4) is 11.4 Å². The first kappa shape index (κ1) is 20.2. The number of unbranched alkanes of at least 4 members (excludes halogenated alkanes) is 1. The van der Waals surface area contributed by atoms with Crippen molar-refractivity contribution >= 4 is 23.2 Å². The van der Waals surface area contributed by atoms with Crippen LogP contribution in [-0.4, -0.2) is 28.2 Å². The molecule has 2 aromatic carbocycles. The van der Waals surface area contributed by atoms with E-state index in [-0.39, 0.29) is 11.7 Å². The number of hydrogen-bond acceptors (Lipinski definition) is 5. The number of carbonyl (C=O) groups excluding carboxylic acids is 2. The molecule has 148 valence electrons. The van der Waals surface area contributed by atoms with Gasteiger partial charge in [-0.3, -0.25) is 9.59 Å². The average molecular weight is 388 g/mol. The summed E-state index contributed by atoms with van der Waals surface area (Å²) in [6, 6.07) is 18.3. The number of Topliss-reactive ketones (excluding diaryl/α,β-unsaturated/α-hetero) is 1. The SMILES string of the molecule is CCCCNC(=O)c1cc(Nc2cccc(C(C)=O)c2)nc(-c2ccccc2)n1. The predicted molar refractivity (Wildman–Crippen MR) is 114 cm³/mol. The second-order valence-electron chi connectivity index (χ2n) is 6.70. The van der Waals surface area contributed by atoms with E-state index in [0.717, 1.165) is 18.4 Å². The molecular formula is C23H24N4O2. The number of ketones is 1. The topological polar surface area (TPSA) is 84.0 Å². The van der Waals surface area contributed by atoms with Crippen LogP contribution >= 0.6 is 0 Å². The van der Waals surface area contributed by atoms with Gasteiger partial charge in [-0.2, -0.15) is 0 Å². The van der Waals surface area contributed by atoms with Crippen LogP contribution < -0.4 is 10.6 Å². The maximum absolute atomic E-state index is 12.6. The van der Waals surface area contributed by atoms with Crippen LogP contribution in [-0.2, 0) is 0 Å². The Morgan fingerprint density at radius 3 is 2.48 bits per heavy atom. The Morgan fingerprint density at radius 2 is 1.76 bits per heavy atom. The summed E-state index contributed by atoms with van der Waals surface area (Å²) < 4.78 is 0. The minimum Gasteiger partial charge on any atom is -0.351 e. The van der Waals surface area contributed by atoms with Crippen molar-refractivity contribution < 1.29 is 9.59 Å². The fourth-order valence-corrected chi connectivity index (χ4v) is 2.78. The largest absolute Gasteiger partial charge is 0.351 e. The van der Waals surface area contributed by atoms with Gasteiger partial charge in [-0.1, -0.05) is 55.8 Å². The smallest absolute Gasteiger partial charge is 0.270 e. The second-order valence-corrected chi connectivity index (χ2v) is 6.70. The van der Waals surface area contributed by atoms with E-state index in [9.17, 15) is 9.59 Å². The van der Waals surface area contributed by atoms with Crippen LogP contribution in [0, 0.1) is 0 Å². The predicted octanol–water partition coefficient (Wildman–Crippen LogP) is 4.62. The summed E-state index contributed by atoms with van der Waals surface area (Å²) in [5, 5.41) is 6.08. The van der Waals surface area contributed by atoms with E-state index in [1.807, 2.05) is 36.4 Å². The molecule has 1 aromatic heterocycles. The molecule has 0 aliphatic rings. The van der Waals surface area contributed by atoms with Crippen LogP contribution in [0.1, 0.15) is 47.5 Å². The van der Waals surface area contributed by atoms with E-state index in [0.29, 0.717) is 35.1 Å². The second kappa shape index (κ2) is 9.59. The number of anilines is 2. The number of carbonyl (C=O) groups is 2. The number of rotatable bonds is 8. The van der Waals surface area contributed by atoms with Gasteiger partial charge in [-0.05, 0) is 25.5 Å². The summed E-state index contributed by atoms with van der Waals surface area (Å²) in [7, 11) is 0. The van der Waals surface area contributed by atoms with Crippen LogP contribution in [0.4, 0.5) is 11.5 Å². The fourth-order valence-electron chi connectivity index (χ4n) is 2.78. The molecule has 0 unspecified atom stereocenters. The van der Waals surface area contributed by atoms with Gasteiger partial charge in [0.2, 0.25) is 0 Å². The summed E-state index contributed by atoms with van der Waals surface area (Å²) in [5.41, 5.74) is 2.43. The van der Waals surface area contributed by atoms with Crippen LogP contribution in [0.3, 0.4) is 0 Å². The van der Waals surface area contributed by atoms with E-state index in [4.69, 9.17) is 0 Å². The average Bonchev–Trinajstić information content (AvgIpc) is 2.74. The van der Waals surface area contributed by atoms with Gasteiger partial charge in [0.15, 0.2) is 11.6 Å². The van der Waals surface area contributed by atoms with Gasteiger partial charge in [0.05, 0.1) is 0 Å². The highest BCUT2D eigenvalue weighted by atomic mass is 16.1. The lowest BCUT2D eigenvalue weighted by atomic mass is 10.1. The van der Waals surface area contributed by atoms with Crippen molar-refractivity contribution in [1.29, 1.82) is 0 Å². The zero-order valence-electron chi connectivity index (χ0n) is 16.6. The quantitative estimate of drug-likeness (QED) is 0.434. The van der Waals surface area contributed by atoms with E-state index in [1.54, 1.807) is 24.3 Å². The van der Waals surface area contributed by atoms with E-state index >= 15 is 0 Å². The standard InChI is InChI=1S/C23H24N4O2/c1-3-4-13-24-23(29)20-15-21(25-19-12-8-11-18(14-19)16(2)28)27-22(26-20)17-9-6-5-7-10-17/h5-12,14-15H,3-4,13H2,1-2H3,(H,24,29)(H,25,26,27). The maximum atomic E-state index is 12.6. The van der Waals surface area contributed by atoms with Gasteiger partial charge < -0.3 is 10.6 Å². The van der Waals surface area contributed by atoms with Crippen LogP contribution in [0.5, 0.6) is 0 Å². The van der Waals surface area contributed by atoms with E-state index < -0.39 is 0 Å². The van der Waals surface area contributed by atoms with Gasteiger partial charge in [0.1, 0.15) is 11.5 Å². The first-order chi connectivity index (χ1) is 14.1. The summed E-state index contributed by atoms with van der Waals surface area (Å²) in [5.74, 6) is 0.690. The highest BCUT2D eigenvalue weighted by Crippen LogP contribution is 2.21. The number of amides is 1. The van der Waals surface area contributed by atoms with Crippen molar-refractivity contribution in [1.82, 2.24) is 15.3 Å².